The van der Waals surface area contributed by atoms with Crippen LogP contribution in [0.4, 0.5) is 14.9 Å². The van der Waals surface area contributed by atoms with Gasteiger partial charge in [0.05, 0.1) is 6.61 Å². The first-order chi connectivity index (χ1) is 9.19. The maximum Gasteiger partial charge on any atom is 0.321 e. The zero-order chi connectivity index (χ0) is 13.7. The number of nitrogens with zero attached hydrogens (tertiary/aromatic N) is 1. The molecule has 0 bridgehead atoms. The highest BCUT2D eigenvalue weighted by atomic mass is 19.1. The molecule has 1 heterocycles. The van der Waals surface area contributed by atoms with Crippen molar-refractivity contribution in [2.75, 3.05) is 32.1 Å². The summed E-state index contributed by atoms with van der Waals surface area (Å²) in [5.74, 6) is 0.0915. The molecule has 1 fully saturated rings. The van der Waals surface area contributed by atoms with Crippen molar-refractivity contribution in [2.24, 2.45) is 5.92 Å². The minimum absolute atomic E-state index is 0.132. The summed E-state index contributed by atoms with van der Waals surface area (Å²) in [4.78, 5) is 13.9. The second-order valence-electron chi connectivity index (χ2n) is 4.85. The molecule has 4 nitrogen and oxygen atoms in total. The lowest BCUT2D eigenvalue weighted by atomic mass is 9.99. The Balaban J connectivity index is 1.90. The van der Waals surface area contributed by atoms with Crippen molar-refractivity contribution in [2.45, 2.75) is 12.8 Å². The molecule has 1 aliphatic rings. The number of carbonyl (C=O) groups is 1. The van der Waals surface area contributed by atoms with Crippen LogP contribution >= 0.6 is 0 Å². The number of nitrogens with one attached hydrogen (secondary N) is 1. The lowest BCUT2D eigenvalue weighted by molar-refractivity contribution is 0.104. The van der Waals surface area contributed by atoms with E-state index in [1.54, 1.807) is 24.1 Å². The van der Waals surface area contributed by atoms with Crippen molar-refractivity contribution in [3.05, 3.63) is 30.1 Å². The average Bonchev–Trinajstić information content (AvgIpc) is 2.42. The van der Waals surface area contributed by atoms with Crippen LogP contribution in [0.2, 0.25) is 0 Å². The normalized spacial score (nSPS) is 19.3. The van der Waals surface area contributed by atoms with Crippen molar-refractivity contribution >= 4 is 11.7 Å². The van der Waals surface area contributed by atoms with Crippen LogP contribution in [0.15, 0.2) is 24.3 Å². The molecule has 0 aromatic heterocycles. The molecular formula is C14H19FN2O2. The van der Waals surface area contributed by atoms with Gasteiger partial charge in [0.1, 0.15) is 5.82 Å². The number of urea groups is 1. The third-order valence-electron chi connectivity index (χ3n) is 3.30. The molecule has 0 aliphatic carbocycles. The van der Waals surface area contributed by atoms with Crippen LogP contribution in [0.1, 0.15) is 12.8 Å². The smallest absolute Gasteiger partial charge is 0.321 e. The topological polar surface area (TPSA) is 41.6 Å². The minimum atomic E-state index is -0.309. The second kappa shape index (κ2) is 6.52. The van der Waals surface area contributed by atoms with Crippen molar-refractivity contribution in [3.8, 4) is 0 Å². The first-order valence-corrected chi connectivity index (χ1v) is 6.49. The third kappa shape index (κ3) is 3.92. The first-order valence-electron chi connectivity index (χ1n) is 6.49. The lowest BCUT2D eigenvalue weighted by Gasteiger charge is -2.32. The van der Waals surface area contributed by atoms with Crippen molar-refractivity contribution in [1.29, 1.82) is 0 Å². The average molecular weight is 266 g/mol. The number of carbonyl (C=O) groups excluding carboxylic acids is 1. The zero-order valence-corrected chi connectivity index (χ0v) is 11.1. The van der Waals surface area contributed by atoms with E-state index in [0.29, 0.717) is 24.8 Å². The van der Waals surface area contributed by atoms with E-state index in [4.69, 9.17) is 4.74 Å². The molecular weight excluding hydrogens is 247 g/mol. The van der Waals surface area contributed by atoms with Crippen LogP contribution in [-0.4, -0.2) is 37.7 Å². The second-order valence-corrected chi connectivity index (χ2v) is 4.85. The molecule has 1 atom stereocenters. The van der Waals surface area contributed by atoms with E-state index >= 15 is 0 Å². The molecule has 19 heavy (non-hydrogen) atoms. The van der Waals surface area contributed by atoms with E-state index < -0.39 is 0 Å². The molecule has 1 aromatic carbocycles. The number of likely N-dealkylation sites (tertiary alicyclic amines) is 1. The Morgan fingerprint density at radius 3 is 2.89 bits per heavy atom. The predicted molar refractivity (Wildman–Crippen MR) is 71.6 cm³/mol. The van der Waals surface area contributed by atoms with Crippen molar-refractivity contribution < 1.29 is 13.9 Å². The van der Waals surface area contributed by atoms with E-state index in [1.807, 2.05) is 0 Å². The first kappa shape index (κ1) is 13.8. The standard InChI is InChI=1S/C14H19FN2O2/c1-19-10-11-3-2-8-17(9-11)14(18)16-13-6-4-12(15)5-7-13/h4-7,11H,2-3,8-10H2,1H3,(H,16,18). The maximum absolute atomic E-state index is 12.8. The van der Waals surface area contributed by atoms with Crippen molar-refractivity contribution in [3.63, 3.8) is 0 Å². The maximum atomic E-state index is 12.8. The van der Waals surface area contributed by atoms with Gasteiger partial charge in [-0.05, 0) is 37.1 Å². The number of hydrogen-bond acceptors (Lipinski definition) is 2. The van der Waals surface area contributed by atoms with Crippen LogP contribution in [0.5, 0.6) is 0 Å². The van der Waals surface area contributed by atoms with E-state index in [1.165, 1.54) is 12.1 Å². The van der Waals surface area contributed by atoms with Crippen LogP contribution in [0.3, 0.4) is 0 Å². The van der Waals surface area contributed by atoms with Gasteiger partial charge in [0.15, 0.2) is 0 Å². The summed E-state index contributed by atoms with van der Waals surface area (Å²) < 4.78 is 17.9. The molecule has 1 aromatic rings. The predicted octanol–water partition coefficient (Wildman–Crippen LogP) is 2.72. The van der Waals surface area contributed by atoms with Gasteiger partial charge in [0.25, 0.3) is 0 Å². The summed E-state index contributed by atoms with van der Waals surface area (Å²) in [5, 5.41) is 2.78. The van der Waals surface area contributed by atoms with Gasteiger partial charge < -0.3 is 15.0 Å². The zero-order valence-electron chi connectivity index (χ0n) is 11.1. The summed E-state index contributed by atoms with van der Waals surface area (Å²) in [6.07, 6.45) is 2.08. The Labute approximate surface area is 112 Å². The van der Waals surface area contributed by atoms with Gasteiger partial charge >= 0.3 is 6.03 Å². The molecule has 1 unspecified atom stereocenters. The highest BCUT2D eigenvalue weighted by Crippen LogP contribution is 2.18. The fourth-order valence-electron chi connectivity index (χ4n) is 2.36. The number of methoxy groups -OCH3 is 1. The lowest BCUT2D eigenvalue weighted by Crippen LogP contribution is -2.43. The number of anilines is 1. The van der Waals surface area contributed by atoms with E-state index in [-0.39, 0.29) is 11.8 Å². The third-order valence-corrected chi connectivity index (χ3v) is 3.30. The fraction of sp³-hybridized carbons (Fsp3) is 0.500. The molecule has 1 saturated heterocycles. The van der Waals surface area contributed by atoms with E-state index in [0.717, 1.165) is 19.4 Å². The molecule has 2 amide bonds. The minimum Gasteiger partial charge on any atom is -0.384 e. The Kier molecular flexibility index (Phi) is 4.74. The van der Waals surface area contributed by atoms with Gasteiger partial charge in [0.2, 0.25) is 0 Å². The Morgan fingerprint density at radius 2 is 2.21 bits per heavy atom. The number of hydrogen-bond donors (Lipinski definition) is 1. The molecule has 0 spiro atoms. The van der Waals surface area contributed by atoms with Crippen LogP contribution < -0.4 is 5.32 Å². The molecule has 5 heteroatoms. The number of ether oxygens (including phenoxy) is 1. The molecule has 104 valence electrons. The number of rotatable bonds is 3. The highest BCUT2D eigenvalue weighted by molar-refractivity contribution is 5.89. The summed E-state index contributed by atoms with van der Waals surface area (Å²) >= 11 is 0. The summed E-state index contributed by atoms with van der Waals surface area (Å²) in [6.45, 7) is 2.15. The fourth-order valence-corrected chi connectivity index (χ4v) is 2.36. The Bertz CT molecular complexity index is 420. The Hall–Kier alpha value is -1.62. The van der Waals surface area contributed by atoms with Crippen LogP contribution in [0, 0.1) is 11.7 Å². The van der Waals surface area contributed by atoms with E-state index in [9.17, 15) is 9.18 Å². The number of halogens is 1. The van der Waals surface area contributed by atoms with Crippen molar-refractivity contribution in [1.82, 2.24) is 4.90 Å². The number of amides is 2. The SMILES string of the molecule is COCC1CCCN(C(=O)Nc2ccc(F)cc2)C1. The highest BCUT2D eigenvalue weighted by Gasteiger charge is 2.23. The molecule has 0 saturated carbocycles. The van der Waals surface area contributed by atoms with E-state index in [2.05, 4.69) is 5.32 Å². The summed E-state index contributed by atoms with van der Waals surface area (Å²) in [5.41, 5.74) is 0.611. The summed E-state index contributed by atoms with van der Waals surface area (Å²) in [7, 11) is 1.68. The monoisotopic (exact) mass is 266 g/mol. The van der Waals surface area contributed by atoms with Crippen LogP contribution in [-0.2, 0) is 4.74 Å². The van der Waals surface area contributed by atoms with Gasteiger partial charge in [0, 0.05) is 31.8 Å². The quantitative estimate of drug-likeness (QED) is 0.914. The molecule has 1 N–H and O–H groups in total. The molecule has 1 aliphatic heterocycles. The van der Waals surface area contributed by atoms with Gasteiger partial charge in [-0.1, -0.05) is 0 Å². The van der Waals surface area contributed by atoms with Crippen LogP contribution in [0.25, 0.3) is 0 Å². The molecule has 2 rings (SSSR count). The Morgan fingerprint density at radius 1 is 1.47 bits per heavy atom. The van der Waals surface area contributed by atoms with Gasteiger partial charge in [-0.25, -0.2) is 9.18 Å². The molecule has 0 radical (unpaired) electrons. The van der Waals surface area contributed by atoms with Gasteiger partial charge in [-0.2, -0.15) is 0 Å². The number of benzene rings is 1. The number of piperidine rings is 1. The van der Waals surface area contributed by atoms with Gasteiger partial charge in [-0.15, -0.1) is 0 Å². The largest absolute Gasteiger partial charge is 0.384 e. The summed E-state index contributed by atoms with van der Waals surface area (Å²) in [6, 6.07) is 5.65. The van der Waals surface area contributed by atoms with Gasteiger partial charge in [-0.3, -0.25) is 0 Å².